The molecule has 4 rings (SSSR count). The first-order valence-corrected chi connectivity index (χ1v) is 10.7. The van der Waals surface area contributed by atoms with E-state index in [2.05, 4.69) is 12.7 Å². The van der Waals surface area contributed by atoms with E-state index in [1.54, 1.807) is 0 Å². The van der Waals surface area contributed by atoms with Gasteiger partial charge in [-0.15, -0.1) is 0 Å². The second kappa shape index (κ2) is 9.01. The van der Waals surface area contributed by atoms with Crippen LogP contribution in [0.1, 0.15) is 13.3 Å². The van der Waals surface area contributed by atoms with Gasteiger partial charge < -0.3 is 54.3 Å². The number of aliphatic hydroxyl groups is 6. The van der Waals surface area contributed by atoms with Crippen LogP contribution >= 0.6 is 0 Å². The molecule has 0 aromatic rings. The lowest BCUT2D eigenvalue weighted by molar-refractivity contribution is -0.315. The fraction of sp³-hybridized carbons (Fsp3) is 0.810. The molecule has 0 aromatic heterocycles. The lowest BCUT2D eigenvalue weighted by atomic mass is 9.85. The summed E-state index contributed by atoms with van der Waals surface area (Å²) in [5, 5.41) is 60.3. The van der Waals surface area contributed by atoms with Gasteiger partial charge in [-0.2, -0.15) is 0 Å². The molecule has 3 fully saturated rings. The number of ether oxygens (including phenoxy) is 5. The van der Waals surface area contributed by atoms with Gasteiger partial charge in [0.1, 0.15) is 41.7 Å². The van der Waals surface area contributed by atoms with Crippen molar-refractivity contribution >= 4 is 0 Å². The summed E-state index contributed by atoms with van der Waals surface area (Å²) in [6, 6.07) is 0. The van der Waals surface area contributed by atoms with Crippen molar-refractivity contribution in [3.05, 3.63) is 23.8 Å². The van der Waals surface area contributed by atoms with E-state index in [0.717, 1.165) is 17.6 Å². The van der Waals surface area contributed by atoms with Gasteiger partial charge in [-0.25, -0.2) is 0 Å². The molecular formula is C21H32O11. The molecule has 3 heterocycles. The molecule has 6 N–H and O–H groups in total. The molecule has 0 aromatic carbocycles. The first-order valence-electron chi connectivity index (χ1n) is 10.7. The number of aliphatic hydroxyl groups excluding tert-OH is 5. The number of hydrogen-bond donors (Lipinski definition) is 6. The molecule has 3 aliphatic heterocycles. The van der Waals surface area contributed by atoms with E-state index in [4.69, 9.17) is 23.7 Å². The number of rotatable bonds is 7. The van der Waals surface area contributed by atoms with Gasteiger partial charge in [-0.3, -0.25) is 0 Å². The van der Waals surface area contributed by atoms with E-state index in [-0.39, 0.29) is 25.7 Å². The van der Waals surface area contributed by atoms with Crippen molar-refractivity contribution in [1.29, 1.82) is 0 Å². The molecule has 0 bridgehead atoms. The second-order valence-corrected chi connectivity index (χ2v) is 9.06. The van der Waals surface area contributed by atoms with Crippen LogP contribution < -0.4 is 0 Å². The van der Waals surface area contributed by atoms with Crippen molar-refractivity contribution in [2.75, 3.05) is 33.0 Å². The minimum Gasteiger partial charge on any atom is -0.393 e. The lowest BCUT2D eigenvalue weighted by Crippen LogP contribution is -2.60. The normalized spacial score (nSPS) is 48.8. The molecule has 3 saturated heterocycles. The second-order valence-electron chi connectivity index (χ2n) is 9.06. The van der Waals surface area contributed by atoms with Crippen LogP contribution in [0.4, 0.5) is 0 Å². The Hall–Kier alpha value is -0.960. The van der Waals surface area contributed by atoms with Crippen molar-refractivity contribution < 1.29 is 54.3 Å². The zero-order valence-electron chi connectivity index (χ0n) is 17.9. The number of allylic oxidation sites excluding steroid dienone is 1. The topological polar surface area (TPSA) is 168 Å². The van der Waals surface area contributed by atoms with Gasteiger partial charge in [0.05, 0.1) is 33.0 Å². The summed E-state index contributed by atoms with van der Waals surface area (Å²) < 4.78 is 28.1. The van der Waals surface area contributed by atoms with E-state index in [1.165, 1.54) is 0 Å². The highest BCUT2D eigenvalue weighted by atomic mass is 16.7. The highest BCUT2D eigenvalue weighted by molar-refractivity contribution is 5.34. The molecular weight excluding hydrogens is 428 g/mol. The summed E-state index contributed by atoms with van der Waals surface area (Å²) in [7, 11) is 0. The van der Waals surface area contributed by atoms with Gasteiger partial charge in [-0.1, -0.05) is 12.7 Å². The molecule has 0 radical (unpaired) electrons. The van der Waals surface area contributed by atoms with Crippen molar-refractivity contribution in [1.82, 2.24) is 0 Å². The van der Waals surface area contributed by atoms with Gasteiger partial charge in [0, 0.05) is 5.92 Å². The van der Waals surface area contributed by atoms with Crippen LogP contribution in [0, 0.1) is 5.92 Å². The Morgan fingerprint density at radius 1 is 1.12 bits per heavy atom. The van der Waals surface area contributed by atoms with Gasteiger partial charge >= 0.3 is 0 Å². The Labute approximate surface area is 185 Å². The highest BCUT2D eigenvalue weighted by Gasteiger charge is 2.53. The van der Waals surface area contributed by atoms with Crippen LogP contribution in [0.5, 0.6) is 0 Å². The smallest absolute Gasteiger partial charge is 0.186 e. The first kappa shape index (κ1) is 24.2. The molecule has 0 amide bonds. The third-order valence-corrected chi connectivity index (χ3v) is 7.03. The highest BCUT2D eigenvalue weighted by Crippen LogP contribution is 2.48. The Bertz CT molecular complexity index is 743. The average molecular weight is 460 g/mol. The fourth-order valence-electron chi connectivity index (χ4n) is 4.74. The van der Waals surface area contributed by atoms with Crippen molar-refractivity contribution in [2.24, 2.45) is 5.92 Å². The average Bonchev–Trinajstić information content (AvgIpc) is 3.38. The molecule has 11 nitrogen and oxygen atoms in total. The summed E-state index contributed by atoms with van der Waals surface area (Å²) in [4.78, 5) is 0. The third-order valence-electron chi connectivity index (χ3n) is 7.03. The molecule has 32 heavy (non-hydrogen) atoms. The molecule has 11 heteroatoms. The van der Waals surface area contributed by atoms with Crippen LogP contribution in [-0.4, -0.2) is 118 Å². The summed E-state index contributed by atoms with van der Waals surface area (Å²) in [5.74, 6) is 0.0594. The van der Waals surface area contributed by atoms with Crippen molar-refractivity contribution in [2.45, 2.75) is 67.6 Å². The van der Waals surface area contributed by atoms with Crippen LogP contribution in [0.3, 0.4) is 0 Å². The lowest BCUT2D eigenvalue weighted by Gasteiger charge is -2.42. The Balaban J connectivity index is 1.38. The van der Waals surface area contributed by atoms with Crippen LogP contribution in [0.25, 0.3) is 0 Å². The maximum atomic E-state index is 10.4. The first-order chi connectivity index (χ1) is 15.1. The van der Waals surface area contributed by atoms with Gasteiger partial charge in [0.25, 0.3) is 0 Å². The van der Waals surface area contributed by atoms with E-state index in [9.17, 15) is 30.6 Å². The summed E-state index contributed by atoms with van der Waals surface area (Å²) >= 11 is 0. The zero-order chi connectivity index (χ0) is 23.3. The largest absolute Gasteiger partial charge is 0.393 e. The van der Waals surface area contributed by atoms with Gasteiger partial charge in [-0.05, 0) is 24.5 Å². The molecule has 0 saturated carbocycles. The monoisotopic (exact) mass is 460 g/mol. The molecule has 0 spiro atoms. The van der Waals surface area contributed by atoms with Crippen LogP contribution in [-0.2, 0) is 23.7 Å². The van der Waals surface area contributed by atoms with Gasteiger partial charge in [0.15, 0.2) is 12.6 Å². The molecule has 0 unspecified atom stereocenters. The predicted octanol–water partition coefficient (Wildman–Crippen LogP) is -2.44. The SMILES string of the molecule is C=C1CO[C@]2(CO[C@@H]3O[C@H](CO[C@@H]4OC[C@](O)(CO)[C@H]4O)[C@@H](O)[C@H](O)[C@H]3O)C(C)=CC[C@H]12. The maximum absolute atomic E-state index is 10.4. The summed E-state index contributed by atoms with van der Waals surface area (Å²) in [5.41, 5.74) is -0.600. The molecule has 1 aliphatic carbocycles. The van der Waals surface area contributed by atoms with Crippen LogP contribution in [0.2, 0.25) is 0 Å². The standard InChI is InChI=1S/C21H32O11/c1-10-5-31-21(11(2)3-4-12(10)21)9-30-18-16(25)15(24)14(23)13(32-18)6-28-19-17(26)20(27,7-22)8-29-19/h3,12-19,22-27H,1,4-9H2,2H3/t12-,13-,14-,15+,16-,17+,18-,19-,20-,21-/m1/s1. The van der Waals surface area contributed by atoms with Gasteiger partial charge in [0.2, 0.25) is 0 Å². The van der Waals surface area contributed by atoms with E-state index < -0.39 is 60.9 Å². The predicted molar refractivity (Wildman–Crippen MR) is 106 cm³/mol. The third kappa shape index (κ3) is 3.95. The van der Waals surface area contributed by atoms with Crippen molar-refractivity contribution in [3.8, 4) is 0 Å². The maximum Gasteiger partial charge on any atom is 0.186 e. The van der Waals surface area contributed by atoms with E-state index >= 15 is 0 Å². The molecule has 4 aliphatic rings. The van der Waals surface area contributed by atoms with E-state index in [0.29, 0.717) is 6.61 Å². The van der Waals surface area contributed by atoms with Crippen molar-refractivity contribution in [3.63, 3.8) is 0 Å². The quantitative estimate of drug-likeness (QED) is 0.223. The van der Waals surface area contributed by atoms with E-state index in [1.807, 2.05) is 6.92 Å². The minimum atomic E-state index is -1.86. The van der Waals surface area contributed by atoms with Crippen LogP contribution in [0.15, 0.2) is 23.8 Å². The Kier molecular flexibility index (Phi) is 6.80. The Morgan fingerprint density at radius 3 is 2.56 bits per heavy atom. The minimum absolute atomic E-state index is 0.0594. The number of hydrogen-bond acceptors (Lipinski definition) is 11. The Morgan fingerprint density at radius 2 is 1.88 bits per heavy atom. The summed E-state index contributed by atoms with van der Waals surface area (Å²) in [6.07, 6.45) is -6.92. The zero-order valence-corrected chi connectivity index (χ0v) is 17.9. The number of fused-ring (bicyclic) bond motifs is 1. The molecule has 10 atom stereocenters. The fourth-order valence-corrected chi connectivity index (χ4v) is 4.74. The molecule has 182 valence electrons. The summed E-state index contributed by atoms with van der Waals surface area (Å²) in [6.45, 7) is 5.07.